The predicted octanol–water partition coefficient (Wildman–Crippen LogP) is 2.40. The molecular weight excluding hydrogens is 392 g/mol. The molecule has 0 saturated carbocycles. The first-order valence-electron chi connectivity index (χ1n) is 8.07. The number of rotatable bonds is 7. The second-order valence-corrected chi connectivity index (χ2v) is 8.30. The van der Waals surface area contributed by atoms with E-state index < -0.39 is 38.3 Å². The van der Waals surface area contributed by atoms with Crippen molar-refractivity contribution >= 4 is 27.1 Å². The van der Waals surface area contributed by atoms with Gasteiger partial charge in [-0.05, 0) is 32.0 Å². The first-order valence-corrected chi connectivity index (χ1v) is 9.61. The lowest BCUT2D eigenvalue weighted by Crippen LogP contribution is -2.29. The molecule has 0 aliphatic carbocycles. The van der Waals surface area contributed by atoms with Gasteiger partial charge in [-0.25, -0.2) is 23.0 Å². The molecule has 8 nitrogen and oxygen atoms in total. The Morgan fingerprint density at radius 2 is 2.04 bits per heavy atom. The van der Waals surface area contributed by atoms with Gasteiger partial charge in [-0.2, -0.15) is 0 Å². The summed E-state index contributed by atoms with van der Waals surface area (Å²) >= 11 is 0. The van der Waals surface area contributed by atoms with E-state index in [-0.39, 0.29) is 7.12 Å². The molecule has 0 amide bonds. The van der Waals surface area contributed by atoms with Crippen LogP contribution in [0.25, 0.3) is 5.70 Å². The number of hydrazine groups is 1. The molecule has 0 saturated heterocycles. The number of hydrogen-bond donors (Lipinski definition) is 3. The molecule has 0 atom stereocenters. The maximum absolute atomic E-state index is 14.8. The Balaban J connectivity index is 0.00000420. The fourth-order valence-electron chi connectivity index (χ4n) is 2.10. The highest BCUT2D eigenvalue weighted by Gasteiger charge is 2.22. The molecule has 2 aromatic rings. The third-order valence-electron chi connectivity index (χ3n) is 3.76. The zero-order valence-corrected chi connectivity index (χ0v) is 16.3. The Bertz CT molecular complexity index is 1000. The maximum Gasteiger partial charge on any atom is 0.235 e. The SMILES string of the molecule is COc1cncc(/C(N)=C/N(N)c2c(F)ccc(NS(=O)(=O)C(C)C)c2F)c1.[HH]. The molecule has 5 N–H and O–H groups in total. The zero-order valence-electron chi connectivity index (χ0n) is 15.5. The maximum atomic E-state index is 14.8. The minimum absolute atomic E-state index is 0. The number of anilines is 2. The third kappa shape index (κ3) is 4.67. The minimum atomic E-state index is -3.84. The van der Waals surface area contributed by atoms with Crippen LogP contribution >= 0.6 is 0 Å². The molecule has 0 aliphatic rings. The number of aromatic nitrogens is 1. The number of pyridine rings is 1. The molecule has 0 fully saturated rings. The van der Waals surface area contributed by atoms with Crippen LogP contribution in [0.15, 0.2) is 36.8 Å². The first-order chi connectivity index (χ1) is 13.1. The van der Waals surface area contributed by atoms with Crippen LogP contribution in [0.2, 0.25) is 0 Å². The van der Waals surface area contributed by atoms with Crippen LogP contribution in [0, 0.1) is 11.6 Å². The number of sulfonamides is 1. The van der Waals surface area contributed by atoms with Crippen molar-refractivity contribution in [1.29, 1.82) is 0 Å². The van der Waals surface area contributed by atoms with Gasteiger partial charge < -0.3 is 10.5 Å². The number of nitrogens with one attached hydrogen (secondary N) is 1. The van der Waals surface area contributed by atoms with Crippen molar-refractivity contribution in [1.82, 2.24) is 4.98 Å². The molecule has 0 aliphatic heterocycles. The smallest absolute Gasteiger partial charge is 0.235 e. The van der Waals surface area contributed by atoms with Gasteiger partial charge in [-0.1, -0.05) is 0 Å². The first kappa shape index (κ1) is 21.4. The monoisotopic (exact) mass is 415 g/mol. The van der Waals surface area contributed by atoms with E-state index in [0.717, 1.165) is 18.3 Å². The van der Waals surface area contributed by atoms with E-state index in [1.165, 1.54) is 33.4 Å². The molecule has 1 aromatic heterocycles. The molecule has 0 bridgehead atoms. The lowest BCUT2D eigenvalue weighted by molar-refractivity contribution is 0.412. The summed E-state index contributed by atoms with van der Waals surface area (Å²) in [6.07, 6.45) is 3.96. The van der Waals surface area contributed by atoms with Gasteiger partial charge in [0, 0.05) is 19.4 Å². The summed E-state index contributed by atoms with van der Waals surface area (Å²) in [5, 5.41) is -0.183. The van der Waals surface area contributed by atoms with Crippen LogP contribution in [0.1, 0.15) is 20.8 Å². The van der Waals surface area contributed by atoms with Crippen LogP contribution in [0.5, 0.6) is 5.75 Å². The van der Waals surface area contributed by atoms with Gasteiger partial charge >= 0.3 is 0 Å². The fourth-order valence-corrected chi connectivity index (χ4v) is 2.80. The van der Waals surface area contributed by atoms with Gasteiger partial charge in [-0.15, -0.1) is 0 Å². The average molecular weight is 415 g/mol. The Morgan fingerprint density at radius 3 is 2.64 bits per heavy atom. The van der Waals surface area contributed by atoms with Crippen LogP contribution in [-0.2, 0) is 10.0 Å². The van der Waals surface area contributed by atoms with Crippen molar-refractivity contribution in [3.63, 3.8) is 0 Å². The van der Waals surface area contributed by atoms with Crippen LogP contribution < -0.4 is 26.0 Å². The second-order valence-electron chi connectivity index (χ2n) is 6.06. The molecule has 2 rings (SSSR count). The highest BCUT2D eigenvalue weighted by Crippen LogP contribution is 2.29. The van der Waals surface area contributed by atoms with Gasteiger partial charge in [-0.3, -0.25) is 14.7 Å². The Kier molecular flexibility index (Phi) is 6.41. The number of nitrogens with zero attached hydrogens (tertiary/aromatic N) is 2. The van der Waals surface area contributed by atoms with Gasteiger partial charge in [0.15, 0.2) is 11.6 Å². The van der Waals surface area contributed by atoms with Gasteiger partial charge in [0.2, 0.25) is 10.0 Å². The second kappa shape index (κ2) is 8.40. The summed E-state index contributed by atoms with van der Waals surface area (Å²) in [7, 11) is -2.39. The number of ether oxygens (including phenoxy) is 1. The lowest BCUT2D eigenvalue weighted by Gasteiger charge is -2.19. The third-order valence-corrected chi connectivity index (χ3v) is 5.50. The van der Waals surface area contributed by atoms with Crippen molar-refractivity contribution in [2.45, 2.75) is 19.1 Å². The van der Waals surface area contributed by atoms with Crippen molar-refractivity contribution in [2.24, 2.45) is 11.6 Å². The van der Waals surface area contributed by atoms with E-state index in [4.69, 9.17) is 16.3 Å². The molecule has 1 aromatic carbocycles. The van der Waals surface area contributed by atoms with E-state index in [0.29, 0.717) is 16.3 Å². The molecule has 0 spiro atoms. The van der Waals surface area contributed by atoms with Gasteiger partial charge in [0.25, 0.3) is 0 Å². The molecule has 0 unspecified atom stereocenters. The zero-order chi connectivity index (χ0) is 21.1. The van der Waals surface area contributed by atoms with Crippen molar-refractivity contribution < 1.29 is 23.4 Å². The summed E-state index contributed by atoms with van der Waals surface area (Å²) in [5.41, 5.74) is 5.28. The Morgan fingerprint density at radius 1 is 1.36 bits per heavy atom. The Hall–Kier alpha value is -2.92. The number of hydrogen-bond acceptors (Lipinski definition) is 7. The number of methoxy groups -OCH3 is 1. The van der Waals surface area contributed by atoms with E-state index >= 15 is 0 Å². The molecular formula is C17H23F2N5O3S. The standard InChI is InChI=1S/C17H21F2N5O3S.H2/c1-10(2)28(25,26)23-15-5-4-13(18)17(16(15)19)24(21)9-14(20)11-6-12(27-3)8-22-7-11;/h4-10,23H,20-21H2,1-3H3;1H/b14-9-;. The summed E-state index contributed by atoms with van der Waals surface area (Å²) in [5.74, 6) is 4.02. The minimum Gasteiger partial charge on any atom is -0.495 e. The molecule has 11 heteroatoms. The quantitative estimate of drug-likeness (QED) is 0.469. The lowest BCUT2D eigenvalue weighted by atomic mass is 10.2. The van der Waals surface area contributed by atoms with E-state index in [9.17, 15) is 17.2 Å². The summed E-state index contributed by atoms with van der Waals surface area (Å²) in [4.78, 5) is 3.93. The van der Waals surface area contributed by atoms with Crippen LogP contribution in [0.4, 0.5) is 20.2 Å². The normalized spacial score (nSPS) is 12.2. The number of halogens is 2. The molecule has 154 valence electrons. The highest BCUT2D eigenvalue weighted by atomic mass is 32.2. The van der Waals surface area contributed by atoms with E-state index in [1.54, 1.807) is 6.07 Å². The van der Waals surface area contributed by atoms with Crippen molar-refractivity contribution in [3.8, 4) is 5.75 Å². The van der Waals surface area contributed by atoms with Crippen molar-refractivity contribution in [3.05, 3.63) is 54.0 Å². The topological polar surface area (TPSA) is 124 Å². The van der Waals surface area contributed by atoms with E-state index in [1.807, 2.05) is 0 Å². The summed E-state index contributed by atoms with van der Waals surface area (Å²) < 4.78 is 60.0. The van der Waals surface area contributed by atoms with Gasteiger partial charge in [0.1, 0.15) is 11.4 Å². The van der Waals surface area contributed by atoms with E-state index in [2.05, 4.69) is 9.71 Å². The van der Waals surface area contributed by atoms with Crippen LogP contribution in [-0.4, -0.2) is 25.8 Å². The predicted molar refractivity (Wildman–Crippen MR) is 106 cm³/mol. The average Bonchev–Trinajstić information content (AvgIpc) is 2.64. The highest BCUT2D eigenvalue weighted by molar-refractivity contribution is 7.93. The van der Waals surface area contributed by atoms with Crippen molar-refractivity contribution in [2.75, 3.05) is 16.8 Å². The van der Waals surface area contributed by atoms with Gasteiger partial charge in [0.05, 0.1) is 29.9 Å². The molecule has 1 heterocycles. The Labute approximate surface area is 163 Å². The molecule has 0 radical (unpaired) electrons. The summed E-state index contributed by atoms with van der Waals surface area (Å²) in [6, 6.07) is 3.43. The molecule has 28 heavy (non-hydrogen) atoms. The fraction of sp³-hybridized carbons (Fsp3) is 0.235. The summed E-state index contributed by atoms with van der Waals surface area (Å²) in [6.45, 7) is 2.84. The number of nitrogens with two attached hydrogens (primary N) is 2. The number of benzene rings is 1. The van der Waals surface area contributed by atoms with Crippen LogP contribution in [0.3, 0.4) is 0 Å². The largest absolute Gasteiger partial charge is 0.495 e.